The van der Waals surface area contributed by atoms with Gasteiger partial charge in [-0.2, -0.15) is 0 Å². The Hall–Kier alpha value is -1.98. The molecule has 1 N–H and O–H groups in total. The molecule has 2 aromatic carbocycles. The fourth-order valence-electron chi connectivity index (χ4n) is 1.75. The minimum Gasteiger partial charge on any atom is -0.478 e. The maximum atomic E-state index is 11.2. The summed E-state index contributed by atoms with van der Waals surface area (Å²) in [5.41, 5.74) is 1.53. The van der Waals surface area contributed by atoms with Gasteiger partial charge >= 0.3 is 5.97 Å². The molecule has 0 fully saturated rings. The van der Waals surface area contributed by atoms with Crippen LogP contribution in [0.4, 0.5) is 0 Å². The summed E-state index contributed by atoms with van der Waals surface area (Å²) in [5.74, 6) is -1.04. The number of benzene rings is 2. The lowest BCUT2D eigenvalue weighted by atomic mass is 10.2. The Bertz CT molecular complexity index is 767. The molecular formula is C14H8ClNO3S. The van der Waals surface area contributed by atoms with E-state index in [1.807, 2.05) is 24.3 Å². The van der Waals surface area contributed by atoms with Crippen LogP contribution in [0.25, 0.3) is 11.1 Å². The molecule has 0 atom stereocenters. The molecular weight excluding hydrogens is 298 g/mol. The highest BCUT2D eigenvalue weighted by atomic mass is 35.5. The number of aromatic carboxylic acids is 1. The monoisotopic (exact) mass is 305 g/mol. The lowest BCUT2D eigenvalue weighted by Gasteiger charge is -2.03. The number of oxazole rings is 1. The van der Waals surface area contributed by atoms with E-state index in [0.29, 0.717) is 20.7 Å². The summed E-state index contributed by atoms with van der Waals surface area (Å²) in [6.07, 6.45) is 0. The van der Waals surface area contributed by atoms with E-state index in [4.69, 9.17) is 16.0 Å². The Morgan fingerprint density at radius 2 is 2.05 bits per heavy atom. The summed E-state index contributed by atoms with van der Waals surface area (Å²) in [6.45, 7) is 0. The molecule has 20 heavy (non-hydrogen) atoms. The summed E-state index contributed by atoms with van der Waals surface area (Å²) in [5, 5.41) is 9.96. The average Bonchev–Trinajstić information content (AvgIpc) is 2.82. The van der Waals surface area contributed by atoms with Crippen molar-refractivity contribution in [2.24, 2.45) is 0 Å². The molecule has 3 aromatic rings. The molecule has 0 spiro atoms. The van der Waals surface area contributed by atoms with Crippen molar-refractivity contribution >= 4 is 40.4 Å². The Kier molecular flexibility index (Phi) is 3.38. The van der Waals surface area contributed by atoms with Crippen LogP contribution in [0.2, 0.25) is 5.02 Å². The first-order valence-electron chi connectivity index (χ1n) is 5.70. The SMILES string of the molecule is O=C(O)c1cc(Cl)ccc1Sc1nc2ccccc2o1. The van der Waals surface area contributed by atoms with Gasteiger partial charge in [0, 0.05) is 9.92 Å². The molecule has 1 aromatic heterocycles. The van der Waals surface area contributed by atoms with Crippen molar-refractivity contribution in [3.8, 4) is 0 Å². The van der Waals surface area contributed by atoms with Gasteiger partial charge in [-0.25, -0.2) is 9.78 Å². The predicted octanol–water partition coefficient (Wildman–Crippen LogP) is 4.33. The number of para-hydroxylation sites is 2. The fraction of sp³-hybridized carbons (Fsp3) is 0. The summed E-state index contributed by atoms with van der Waals surface area (Å²) in [6, 6.07) is 12.1. The Morgan fingerprint density at radius 1 is 1.25 bits per heavy atom. The van der Waals surface area contributed by atoms with Crippen LogP contribution in [0.1, 0.15) is 10.4 Å². The number of hydrogen-bond acceptors (Lipinski definition) is 4. The van der Waals surface area contributed by atoms with Crippen molar-refractivity contribution in [3.05, 3.63) is 53.1 Å². The maximum absolute atomic E-state index is 11.2. The largest absolute Gasteiger partial charge is 0.478 e. The molecule has 1 heterocycles. The predicted molar refractivity (Wildman–Crippen MR) is 76.5 cm³/mol. The molecule has 0 bridgehead atoms. The molecule has 0 unspecified atom stereocenters. The second kappa shape index (κ2) is 5.19. The molecule has 6 heteroatoms. The number of hydrogen-bond donors (Lipinski definition) is 1. The zero-order valence-electron chi connectivity index (χ0n) is 10.0. The smallest absolute Gasteiger partial charge is 0.336 e. The molecule has 0 aliphatic heterocycles. The highest BCUT2D eigenvalue weighted by Crippen LogP contribution is 2.33. The van der Waals surface area contributed by atoms with Crippen LogP contribution in [-0.4, -0.2) is 16.1 Å². The van der Waals surface area contributed by atoms with E-state index in [2.05, 4.69) is 4.98 Å². The second-order valence-electron chi connectivity index (χ2n) is 4.00. The third kappa shape index (κ3) is 2.50. The number of carboxylic acid groups (broad SMARTS) is 1. The van der Waals surface area contributed by atoms with Gasteiger partial charge in [-0.3, -0.25) is 0 Å². The first-order valence-corrected chi connectivity index (χ1v) is 6.89. The highest BCUT2D eigenvalue weighted by molar-refractivity contribution is 7.99. The van der Waals surface area contributed by atoms with Crippen LogP contribution in [0.15, 0.2) is 57.0 Å². The first-order chi connectivity index (χ1) is 9.63. The van der Waals surface area contributed by atoms with E-state index >= 15 is 0 Å². The van der Waals surface area contributed by atoms with Crippen molar-refractivity contribution < 1.29 is 14.3 Å². The Morgan fingerprint density at radius 3 is 2.80 bits per heavy atom. The van der Waals surface area contributed by atoms with Gasteiger partial charge < -0.3 is 9.52 Å². The number of halogens is 1. The van der Waals surface area contributed by atoms with Gasteiger partial charge in [-0.1, -0.05) is 23.7 Å². The maximum Gasteiger partial charge on any atom is 0.336 e. The average molecular weight is 306 g/mol. The summed E-state index contributed by atoms with van der Waals surface area (Å²) in [4.78, 5) is 16.1. The minimum atomic E-state index is -1.04. The lowest BCUT2D eigenvalue weighted by molar-refractivity contribution is 0.0693. The second-order valence-corrected chi connectivity index (χ2v) is 5.42. The van der Waals surface area contributed by atoms with Crippen molar-refractivity contribution in [1.82, 2.24) is 4.98 Å². The topological polar surface area (TPSA) is 63.3 Å². The highest BCUT2D eigenvalue weighted by Gasteiger charge is 2.15. The number of fused-ring (bicyclic) bond motifs is 1. The van der Waals surface area contributed by atoms with E-state index < -0.39 is 5.97 Å². The van der Waals surface area contributed by atoms with Crippen molar-refractivity contribution in [2.45, 2.75) is 10.1 Å². The first kappa shape index (κ1) is 13.0. The van der Waals surface area contributed by atoms with Crippen LogP contribution < -0.4 is 0 Å². The molecule has 0 saturated heterocycles. The number of nitrogens with zero attached hydrogens (tertiary/aromatic N) is 1. The van der Waals surface area contributed by atoms with E-state index in [1.165, 1.54) is 6.07 Å². The van der Waals surface area contributed by atoms with Crippen molar-refractivity contribution in [2.75, 3.05) is 0 Å². The summed E-state index contributed by atoms with van der Waals surface area (Å²) in [7, 11) is 0. The number of carboxylic acids is 1. The quantitative estimate of drug-likeness (QED) is 0.780. The molecule has 3 rings (SSSR count). The van der Waals surface area contributed by atoms with Crippen LogP contribution in [0.5, 0.6) is 0 Å². The van der Waals surface area contributed by atoms with Crippen molar-refractivity contribution in [1.29, 1.82) is 0 Å². The standard InChI is InChI=1S/C14H8ClNO3S/c15-8-5-6-12(9(7-8)13(17)18)20-14-16-10-3-1-2-4-11(10)19-14/h1-7H,(H,17,18). The normalized spacial score (nSPS) is 10.8. The summed E-state index contributed by atoms with van der Waals surface area (Å²) < 4.78 is 5.56. The zero-order valence-corrected chi connectivity index (χ0v) is 11.6. The van der Waals surface area contributed by atoms with Gasteiger partial charge in [0.1, 0.15) is 5.52 Å². The van der Waals surface area contributed by atoms with Crippen LogP contribution in [0.3, 0.4) is 0 Å². The van der Waals surface area contributed by atoms with Gasteiger partial charge in [-0.05, 0) is 42.1 Å². The van der Waals surface area contributed by atoms with E-state index in [9.17, 15) is 9.90 Å². The molecule has 0 radical (unpaired) electrons. The van der Waals surface area contributed by atoms with Crippen molar-refractivity contribution in [3.63, 3.8) is 0 Å². The fourth-order valence-corrected chi connectivity index (χ4v) is 2.78. The molecule has 100 valence electrons. The molecule has 0 aliphatic carbocycles. The lowest BCUT2D eigenvalue weighted by Crippen LogP contribution is -1.98. The third-order valence-electron chi connectivity index (χ3n) is 2.64. The van der Waals surface area contributed by atoms with Gasteiger partial charge in [0.2, 0.25) is 0 Å². The number of carbonyl (C=O) groups is 1. The Balaban J connectivity index is 2.00. The van der Waals surface area contributed by atoms with Crippen LogP contribution >= 0.6 is 23.4 Å². The zero-order chi connectivity index (χ0) is 14.1. The number of aromatic nitrogens is 1. The van der Waals surface area contributed by atoms with Gasteiger partial charge in [0.05, 0.1) is 5.56 Å². The molecule has 0 aliphatic rings. The molecule has 0 saturated carbocycles. The van der Waals surface area contributed by atoms with Crippen LogP contribution in [-0.2, 0) is 0 Å². The van der Waals surface area contributed by atoms with Crippen LogP contribution in [0, 0.1) is 0 Å². The van der Waals surface area contributed by atoms with Gasteiger partial charge in [0.25, 0.3) is 5.22 Å². The van der Waals surface area contributed by atoms with Gasteiger partial charge in [0.15, 0.2) is 5.58 Å². The number of rotatable bonds is 3. The summed E-state index contributed by atoms with van der Waals surface area (Å²) >= 11 is 6.98. The third-order valence-corrected chi connectivity index (χ3v) is 3.80. The van der Waals surface area contributed by atoms with E-state index in [-0.39, 0.29) is 5.56 Å². The molecule has 4 nitrogen and oxygen atoms in total. The van der Waals surface area contributed by atoms with Gasteiger partial charge in [-0.15, -0.1) is 0 Å². The Labute approximate surface area is 123 Å². The van der Waals surface area contributed by atoms with E-state index in [0.717, 1.165) is 17.3 Å². The minimum absolute atomic E-state index is 0.129. The molecule has 0 amide bonds. The van der Waals surface area contributed by atoms with E-state index in [1.54, 1.807) is 12.1 Å².